The van der Waals surface area contributed by atoms with Gasteiger partial charge < -0.3 is 20.5 Å². The topological polar surface area (TPSA) is 109 Å². The van der Waals surface area contributed by atoms with Gasteiger partial charge in [-0.1, -0.05) is 6.42 Å². The number of hydrogen-bond acceptors (Lipinski definition) is 4. The van der Waals surface area contributed by atoms with Gasteiger partial charge in [0, 0.05) is 25.5 Å². The van der Waals surface area contributed by atoms with E-state index in [0.29, 0.717) is 22.5 Å². The molecule has 0 bridgehead atoms. The summed E-state index contributed by atoms with van der Waals surface area (Å²) >= 11 is 0. The zero-order valence-electron chi connectivity index (χ0n) is 19.5. The molecule has 176 valence electrons. The number of halogens is 1. The maximum Gasteiger partial charge on any atom is 0.294 e. The van der Waals surface area contributed by atoms with Crippen LogP contribution in [0.3, 0.4) is 0 Å². The van der Waals surface area contributed by atoms with E-state index in [4.69, 9.17) is 0 Å². The van der Waals surface area contributed by atoms with Gasteiger partial charge in [0.25, 0.3) is 17.6 Å². The first-order valence-electron chi connectivity index (χ1n) is 10.9. The predicted octanol–water partition coefficient (Wildman–Crippen LogP) is 2.56. The van der Waals surface area contributed by atoms with Crippen LogP contribution in [0.15, 0.2) is 18.2 Å². The Bertz CT molecular complexity index is 1130. The number of likely N-dealkylation sites (N-methyl/N-ethyl adjacent to an activating group) is 1. The molecule has 33 heavy (non-hydrogen) atoms. The number of nitrogens with one attached hydrogen (secondary N) is 3. The van der Waals surface area contributed by atoms with Crippen LogP contribution in [0, 0.1) is 32.5 Å². The number of aryl methyl sites for hydroxylation is 1. The van der Waals surface area contributed by atoms with Crippen molar-refractivity contribution < 1.29 is 23.6 Å². The Balaban J connectivity index is 1.85. The molecule has 3 rings (SSSR count). The Morgan fingerprint density at radius 3 is 2.33 bits per heavy atom. The molecule has 1 atom stereocenters. The third kappa shape index (κ3) is 4.67. The van der Waals surface area contributed by atoms with Gasteiger partial charge >= 0.3 is 0 Å². The van der Waals surface area contributed by atoms with Gasteiger partial charge in [0.2, 0.25) is 5.91 Å². The maximum absolute atomic E-state index is 13.5. The molecule has 8 nitrogen and oxygen atoms in total. The highest BCUT2D eigenvalue weighted by Gasteiger charge is 2.36. The van der Waals surface area contributed by atoms with Gasteiger partial charge in [-0.15, -0.1) is 0 Å². The van der Waals surface area contributed by atoms with Crippen molar-refractivity contribution in [2.45, 2.75) is 46.1 Å². The molecule has 1 aliphatic carbocycles. The number of amides is 3. The average molecular weight is 457 g/mol. The molecule has 0 aliphatic heterocycles. The molecular formula is C24H29FN4O4. The Morgan fingerprint density at radius 1 is 1.12 bits per heavy atom. The van der Waals surface area contributed by atoms with E-state index < -0.39 is 23.6 Å². The van der Waals surface area contributed by atoms with E-state index in [1.807, 2.05) is 0 Å². The SMILES string of the molecule is CNC(=O)[C@@H](NC(=O)C(=O)c1c(C)c(C(=O)Nc2ccc(F)c(C)c2)c(C)n1C)C1CCC1. The van der Waals surface area contributed by atoms with Crippen LogP contribution in [0.1, 0.15) is 56.9 Å². The van der Waals surface area contributed by atoms with Crippen LogP contribution in [-0.2, 0) is 16.6 Å². The lowest BCUT2D eigenvalue weighted by molar-refractivity contribution is -0.129. The normalized spacial score (nSPS) is 14.2. The quantitative estimate of drug-likeness (QED) is 0.439. The molecule has 1 aromatic carbocycles. The highest BCUT2D eigenvalue weighted by Crippen LogP contribution is 2.30. The number of Topliss-reactive ketones (excluding diaryl/α,β-unsaturated/α-hetero) is 1. The van der Waals surface area contributed by atoms with E-state index in [1.165, 1.54) is 29.8 Å². The van der Waals surface area contributed by atoms with Crippen molar-refractivity contribution in [1.29, 1.82) is 0 Å². The molecule has 1 heterocycles. The van der Waals surface area contributed by atoms with Crippen LogP contribution in [0.4, 0.5) is 10.1 Å². The Kier molecular flexibility index (Phi) is 7.00. The van der Waals surface area contributed by atoms with Crippen molar-refractivity contribution in [3.05, 3.63) is 52.1 Å². The maximum atomic E-state index is 13.5. The first kappa shape index (κ1) is 24.2. The molecule has 1 aromatic heterocycles. The van der Waals surface area contributed by atoms with E-state index in [-0.39, 0.29) is 28.9 Å². The van der Waals surface area contributed by atoms with Gasteiger partial charge in [-0.05, 0) is 68.9 Å². The monoisotopic (exact) mass is 456 g/mol. The molecule has 3 N–H and O–H groups in total. The third-order valence-electron chi connectivity index (χ3n) is 6.43. The Morgan fingerprint density at radius 2 is 1.79 bits per heavy atom. The number of carbonyl (C=O) groups excluding carboxylic acids is 4. The number of rotatable bonds is 7. The van der Waals surface area contributed by atoms with Gasteiger partial charge in [0.15, 0.2) is 0 Å². The van der Waals surface area contributed by atoms with Crippen molar-refractivity contribution in [2.24, 2.45) is 13.0 Å². The summed E-state index contributed by atoms with van der Waals surface area (Å²) in [6, 6.07) is 3.46. The fraction of sp³-hybridized carbons (Fsp3) is 0.417. The largest absolute Gasteiger partial charge is 0.357 e. The summed E-state index contributed by atoms with van der Waals surface area (Å²) in [5.74, 6) is -2.89. The molecule has 0 spiro atoms. The Hall–Kier alpha value is -3.49. The Labute approximate surface area is 191 Å². The molecule has 0 unspecified atom stereocenters. The zero-order chi connectivity index (χ0) is 24.4. The van der Waals surface area contributed by atoms with Crippen molar-refractivity contribution >= 4 is 29.2 Å². The minimum atomic E-state index is -0.889. The van der Waals surface area contributed by atoms with E-state index in [9.17, 15) is 23.6 Å². The minimum Gasteiger partial charge on any atom is -0.357 e. The van der Waals surface area contributed by atoms with Crippen LogP contribution in [0.5, 0.6) is 0 Å². The average Bonchev–Trinajstić information content (AvgIpc) is 2.96. The number of aromatic nitrogens is 1. The number of benzene rings is 1. The lowest BCUT2D eigenvalue weighted by Crippen LogP contribution is -2.53. The smallest absolute Gasteiger partial charge is 0.294 e. The summed E-state index contributed by atoms with van der Waals surface area (Å²) < 4.78 is 15.0. The molecule has 2 aromatic rings. The third-order valence-corrected chi connectivity index (χ3v) is 6.43. The first-order valence-corrected chi connectivity index (χ1v) is 10.9. The fourth-order valence-electron chi connectivity index (χ4n) is 4.19. The molecule has 1 saturated carbocycles. The standard InChI is InChI=1S/C24H29FN4O4/c1-12-11-16(9-10-17(12)25)27-22(31)18-13(2)20(29(5)14(18)3)21(30)24(33)28-19(23(32)26-4)15-7-6-8-15/h9-11,15,19H,6-8H2,1-5H3,(H,26,32)(H,27,31)(H,28,33)/t19-/m0/s1. The van der Waals surface area contributed by atoms with Crippen LogP contribution < -0.4 is 16.0 Å². The van der Waals surface area contributed by atoms with Crippen molar-refractivity contribution in [3.8, 4) is 0 Å². The summed E-state index contributed by atoms with van der Waals surface area (Å²) in [4.78, 5) is 51.0. The van der Waals surface area contributed by atoms with E-state index in [0.717, 1.165) is 19.3 Å². The number of anilines is 1. The minimum absolute atomic E-state index is 0.00144. The fourth-order valence-corrected chi connectivity index (χ4v) is 4.19. The van der Waals surface area contributed by atoms with Crippen LogP contribution in [0.2, 0.25) is 0 Å². The van der Waals surface area contributed by atoms with Gasteiger partial charge in [-0.2, -0.15) is 0 Å². The second-order valence-corrected chi connectivity index (χ2v) is 8.50. The van der Waals surface area contributed by atoms with Crippen LogP contribution in [0.25, 0.3) is 0 Å². The molecular weight excluding hydrogens is 427 g/mol. The second-order valence-electron chi connectivity index (χ2n) is 8.50. The summed E-state index contributed by atoms with van der Waals surface area (Å²) in [6.45, 7) is 4.86. The van der Waals surface area contributed by atoms with E-state index in [2.05, 4.69) is 16.0 Å². The number of nitrogens with zero attached hydrogens (tertiary/aromatic N) is 1. The van der Waals surface area contributed by atoms with Crippen molar-refractivity contribution in [1.82, 2.24) is 15.2 Å². The summed E-state index contributed by atoms with van der Waals surface area (Å²) in [5.41, 5.74) is 2.00. The van der Waals surface area contributed by atoms with Gasteiger partial charge in [-0.25, -0.2) is 4.39 Å². The highest BCUT2D eigenvalue weighted by molar-refractivity contribution is 6.43. The lowest BCUT2D eigenvalue weighted by Gasteiger charge is -2.32. The number of carbonyl (C=O) groups is 4. The molecule has 3 amide bonds. The molecule has 1 aliphatic rings. The lowest BCUT2D eigenvalue weighted by atomic mass is 9.79. The van der Waals surface area contributed by atoms with Crippen molar-refractivity contribution in [2.75, 3.05) is 12.4 Å². The summed E-state index contributed by atoms with van der Waals surface area (Å²) in [5, 5.41) is 7.83. The summed E-state index contributed by atoms with van der Waals surface area (Å²) in [7, 11) is 3.09. The molecule has 1 fully saturated rings. The van der Waals surface area contributed by atoms with Gasteiger partial charge in [-0.3, -0.25) is 19.2 Å². The van der Waals surface area contributed by atoms with E-state index in [1.54, 1.807) is 27.8 Å². The van der Waals surface area contributed by atoms with E-state index >= 15 is 0 Å². The van der Waals surface area contributed by atoms with Gasteiger partial charge in [0.1, 0.15) is 11.9 Å². The number of ketones is 1. The summed E-state index contributed by atoms with van der Waals surface area (Å²) in [6.07, 6.45) is 2.59. The highest BCUT2D eigenvalue weighted by atomic mass is 19.1. The zero-order valence-corrected chi connectivity index (χ0v) is 19.5. The van der Waals surface area contributed by atoms with Crippen molar-refractivity contribution in [3.63, 3.8) is 0 Å². The molecule has 0 radical (unpaired) electrons. The second kappa shape index (κ2) is 9.56. The number of hydrogen-bond donors (Lipinski definition) is 3. The predicted molar refractivity (Wildman–Crippen MR) is 122 cm³/mol. The van der Waals surface area contributed by atoms with Crippen LogP contribution >= 0.6 is 0 Å². The van der Waals surface area contributed by atoms with Crippen LogP contribution in [-0.4, -0.2) is 41.2 Å². The first-order chi connectivity index (χ1) is 15.6. The molecule has 9 heteroatoms. The van der Waals surface area contributed by atoms with Gasteiger partial charge in [0.05, 0.1) is 11.3 Å². The molecule has 0 saturated heterocycles.